The number of benzene rings is 2. The Hall–Kier alpha value is -3.41. The van der Waals surface area contributed by atoms with Gasteiger partial charge in [0, 0.05) is 24.2 Å². The number of hydrogen-bond acceptors (Lipinski definition) is 5. The summed E-state index contributed by atoms with van der Waals surface area (Å²) in [6, 6.07) is 15.4. The summed E-state index contributed by atoms with van der Waals surface area (Å²) in [7, 11) is 0. The number of aryl methyl sites for hydroxylation is 1. The van der Waals surface area contributed by atoms with Crippen molar-refractivity contribution in [1.82, 2.24) is 9.88 Å². The van der Waals surface area contributed by atoms with E-state index >= 15 is 0 Å². The van der Waals surface area contributed by atoms with Gasteiger partial charge in [0.15, 0.2) is 5.76 Å². The second-order valence-corrected chi connectivity index (χ2v) is 7.76. The highest BCUT2D eigenvalue weighted by Crippen LogP contribution is 2.30. The van der Waals surface area contributed by atoms with E-state index in [-0.39, 0.29) is 17.8 Å². The number of amides is 1. The number of ether oxygens (including phenoxy) is 1. The van der Waals surface area contributed by atoms with Crippen molar-refractivity contribution in [1.29, 1.82) is 0 Å². The first-order chi connectivity index (χ1) is 15.1. The maximum Gasteiger partial charge on any atom is 0.309 e. The minimum atomic E-state index is -0.168. The van der Waals surface area contributed by atoms with Crippen LogP contribution < -0.4 is 0 Å². The molecule has 1 amide bonds. The van der Waals surface area contributed by atoms with Crippen LogP contribution in [0.4, 0.5) is 0 Å². The van der Waals surface area contributed by atoms with E-state index in [1.807, 2.05) is 49.4 Å². The van der Waals surface area contributed by atoms with Gasteiger partial charge in [0.2, 0.25) is 5.89 Å². The first-order valence-corrected chi connectivity index (χ1v) is 10.6. The van der Waals surface area contributed by atoms with Gasteiger partial charge in [-0.2, -0.15) is 0 Å². The molecule has 1 aliphatic rings. The fourth-order valence-corrected chi connectivity index (χ4v) is 3.85. The Kier molecular flexibility index (Phi) is 6.16. The summed E-state index contributed by atoms with van der Waals surface area (Å²) < 4.78 is 11.1. The fourth-order valence-electron chi connectivity index (χ4n) is 3.85. The highest BCUT2D eigenvalue weighted by molar-refractivity contribution is 6.00. The summed E-state index contributed by atoms with van der Waals surface area (Å²) in [5.41, 5.74) is 3.33. The summed E-state index contributed by atoms with van der Waals surface area (Å²) in [6.45, 7) is 5.27. The molecule has 1 aromatic heterocycles. The minimum absolute atomic E-state index is 0.0759. The average molecular weight is 418 g/mol. The van der Waals surface area contributed by atoms with Gasteiger partial charge in [0.05, 0.1) is 24.3 Å². The lowest BCUT2D eigenvalue weighted by Crippen LogP contribution is -2.40. The predicted molar refractivity (Wildman–Crippen MR) is 117 cm³/mol. The number of carbonyl (C=O) groups is 2. The molecule has 0 unspecified atom stereocenters. The zero-order valence-corrected chi connectivity index (χ0v) is 17.8. The highest BCUT2D eigenvalue weighted by atomic mass is 16.5. The Balaban J connectivity index is 1.52. The lowest BCUT2D eigenvalue weighted by molar-refractivity contribution is -0.149. The van der Waals surface area contributed by atoms with Gasteiger partial charge in [-0.3, -0.25) is 9.59 Å². The van der Waals surface area contributed by atoms with Gasteiger partial charge >= 0.3 is 5.97 Å². The molecule has 0 spiro atoms. The normalized spacial score (nSPS) is 14.5. The summed E-state index contributed by atoms with van der Waals surface area (Å²) in [4.78, 5) is 31.4. The van der Waals surface area contributed by atoms with Gasteiger partial charge < -0.3 is 14.1 Å². The SMILES string of the molecule is CCOC(=O)C1CCN(C(=O)c2ccccc2-c2ncc(-c3ccc(C)cc3)o2)CC1. The molecule has 0 aliphatic carbocycles. The molecule has 0 N–H and O–H groups in total. The molecule has 160 valence electrons. The number of likely N-dealkylation sites (tertiary alicyclic amines) is 1. The van der Waals surface area contributed by atoms with Gasteiger partial charge in [-0.25, -0.2) is 4.98 Å². The zero-order valence-electron chi connectivity index (χ0n) is 17.8. The maximum atomic E-state index is 13.3. The number of carbonyl (C=O) groups excluding carboxylic acids is 2. The van der Waals surface area contributed by atoms with Crippen molar-refractivity contribution in [2.75, 3.05) is 19.7 Å². The van der Waals surface area contributed by atoms with Crippen LogP contribution in [0.15, 0.2) is 59.1 Å². The van der Waals surface area contributed by atoms with Crippen molar-refractivity contribution in [2.24, 2.45) is 5.92 Å². The molecule has 0 saturated carbocycles. The average Bonchev–Trinajstić information content (AvgIpc) is 3.29. The van der Waals surface area contributed by atoms with E-state index in [0.29, 0.717) is 55.3 Å². The van der Waals surface area contributed by atoms with Gasteiger partial charge in [-0.15, -0.1) is 0 Å². The van der Waals surface area contributed by atoms with Crippen LogP contribution in [0, 0.1) is 12.8 Å². The lowest BCUT2D eigenvalue weighted by Gasteiger charge is -2.31. The molecule has 1 fully saturated rings. The van der Waals surface area contributed by atoms with Gasteiger partial charge in [-0.1, -0.05) is 42.0 Å². The molecule has 0 atom stereocenters. The number of rotatable bonds is 5. The van der Waals surface area contributed by atoms with Crippen LogP contribution in [0.2, 0.25) is 0 Å². The van der Waals surface area contributed by atoms with Crippen LogP contribution >= 0.6 is 0 Å². The minimum Gasteiger partial charge on any atom is -0.466 e. The van der Waals surface area contributed by atoms with Crippen LogP contribution in [0.1, 0.15) is 35.7 Å². The van der Waals surface area contributed by atoms with E-state index in [1.165, 1.54) is 5.56 Å². The molecule has 3 aromatic rings. The Morgan fingerprint density at radius 3 is 2.52 bits per heavy atom. The van der Waals surface area contributed by atoms with Crippen molar-refractivity contribution >= 4 is 11.9 Å². The van der Waals surface area contributed by atoms with E-state index in [0.717, 1.165) is 5.56 Å². The van der Waals surface area contributed by atoms with Crippen molar-refractivity contribution < 1.29 is 18.7 Å². The van der Waals surface area contributed by atoms with Crippen LogP contribution in [-0.2, 0) is 9.53 Å². The molecule has 4 rings (SSSR count). The molecule has 2 aromatic carbocycles. The molecular weight excluding hydrogens is 392 g/mol. The molecular formula is C25H26N2O4. The van der Waals surface area contributed by atoms with Crippen molar-refractivity contribution in [3.8, 4) is 22.8 Å². The summed E-state index contributed by atoms with van der Waals surface area (Å²) in [5, 5.41) is 0. The number of piperidine rings is 1. The molecule has 6 nitrogen and oxygen atoms in total. The third-order valence-corrected chi connectivity index (χ3v) is 5.63. The van der Waals surface area contributed by atoms with E-state index in [9.17, 15) is 9.59 Å². The first kappa shape index (κ1) is 20.8. The number of aromatic nitrogens is 1. The Morgan fingerprint density at radius 2 is 1.81 bits per heavy atom. The van der Waals surface area contributed by atoms with E-state index in [4.69, 9.17) is 9.15 Å². The highest BCUT2D eigenvalue weighted by Gasteiger charge is 2.30. The molecule has 31 heavy (non-hydrogen) atoms. The van der Waals surface area contributed by atoms with Crippen LogP contribution in [-0.4, -0.2) is 41.5 Å². The van der Waals surface area contributed by atoms with E-state index in [1.54, 1.807) is 24.1 Å². The molecule has 1 saturated heterocycles. The molecule has 0 bridgehead atoms. The second kappa shape index (κ2) is 9.16. The molecule has 6 heteroatoms. The largest absolute Gasteiger partial charge is 0.466 e. The van der Waals surface area contributed by atoms with E-state index in [2.05, 4.69) is 4.98 Å². The maximum absolute atomic E-state index is 13.3. The standard InChI is InChI=1S/C25H26N2O4/c1-3-30-25(29)19-12-14-27(15-13-19)24(28)21-7-5-4-6-20(21)23-26-16-22(31-23)18-10-8-17(2)9-11-18/h4-11,16,19H,3,12-15H2,1-2H3. The second-order valence-electron chi connectivity index (χ2n) is 7.76. The third kappa shape index (κ3) is 4.53. The molecule has 2 heterocycles. The topological polar surface area (TPSA) is 72.6 Å². The van der Waals surface area contributed by atoms with Crippen molar-refractivity contribution in [3.05, 3.63) is 65.9 Å². The monoisotopic (exact) mass is 418 g/mol. The molecule has 0 radical (unpaired) electrons. The predicted octanol–water partition coefficient (Wildman–Crippen LogP) is 4.73. The van der Waals surface area contributed by atoms with Crippen LogP contribution in [0.3, 0.4) is 0 Å². The Morgan fingerprint density at radius 1 is 1.10 bits per heavy atom. The quantitative estimate of drug-likeness (QED) is 0.560. The summed E-state index contributed by atoms with van der Waals surface area (Å²) in [5.74, 6) is 0.697. The number of esters is 1. The summed E-state index contributed by atoms with van der Waals surface area (Å²) >= 11 is 0. The Bertz CT molecular complexity index is 1060. The lowest BCUT2D eigenvalue weighted by atomic mass is 9.96. The third-order valence-electron chi connectivity index (χ3n) is 5.63. The fraction of sp³-hybridized carbons (Fsp3) is 0.320. The van der Waals surface area contributed by atoms with Gasteiger partial charge in [0.1, 0.15) is 0 Å². The zero-order chi connectivity index (χ0) is 21.8. The van der Waals surface area contributed by atoms with Crippen molar-refractivity contribution in [3.63, 3.8) is 0 Å². The Labute approximate surface area is 181 Å². The van der Waals surface area contributed by atoms with Gasteiger partial charge in [0.25, 0.3) is 5.91 Å². The smallest absolute Gasteiger partial charge is 0.309 e. The molecule has 1 aliphatic heterocycles. The number of oxazole rings is 1. The van der Waals surface area contributed by atoms with E-state index < -0.39 is 0 Å². The summed E-state index contributed by atoms with van der Waals surface area (Å²) in [6.07, 6.45) is 2.92. The van der Waals surface area contributed by atoms with Crippen molar-refractivity contribution in [2.45, 2.75) is 26.7 Å². The van der Waals surface area contributed by atoms with Crippen LogP contribution in [0.25, 0.3) is 22.8 Å². The first-order valence-electron chi connectivity index (χ1n) is 10.6. The number of hydrogen-bond donors (Lipinski definition) is 0. The van der Waals surface area contributed by atoms with Gasteiger partial charge in [-0.05, 0) is 38.8 Å². The number of nitrogens with zero attached hydrogens (tertiary/aromatic N) is 2. The van der Waals surface area contributed by atoms with Crippen LogP contribution in [0.5, 0.6) is 0 Å².